The Morgan fingerprint density at radius 2 is 1.47 bits per heavy atom. The summed E-state index contributed by atoms with van der Waals surface area (Å²) in [5.74, 6) is 0.755. The summed E-state index contributed by atoms with van der Waals surface area (Å²) in [4.78, 5) is 10.9. The highest BCUT2D eigenvalue weighted by Gasteiger charge is 2.15. The van der Waals surface area contributed by atoms with Crippen molar-refractivity contribution in [3.05, 3.63) is 0 Å². The van der Waals surface area contributed by atoms with E-state index in [2.05, 4.69) is 26.4 Å². The molecule has 1 saturated carbocycles. The topological polar surface area (TPSA) is 29.1 Å². The fourth-order valence-corrected chi connectivity index (χ4v) is 3.19. The Hall–Kier alpha value is 0.360. The number of halogens is 1. The largest absolute Gasteiger partial charge is 0.302 e. The second-order valence-electron chi connectivity index (χ2n) is 5.36. The maximum absolute atomic E-state index is 10.9. The van der Waals surface area contributed by atoms with Gasteiger partial charge in [0.1, 0.15) is 6.29 Å². The van der Waals surface area contributed by atoms with Crippen LogP contribution in [-0.4, -0.2) is 12.3 Å². The van der Waals surface area contributed by atoms with Crippen molar-refractivity contribution < 1.29 is 4.79 Å². The molecule has 0 aromatic rings. The molecule has 0 bridgehead atoms. The molecule has 3 heteroatoms. The fourth-order valence-electron chi connectivity index (χ4n) is 2.79. The predicted molar refractivity (Wildman–Crippen MR) is 81.3 cm³/mol. The van der Waals surface area contributed by atoms with Crippen molar-refractivity contribution in [2.75, 3.05) is 0 Å². The normalized spacial score (nSPS) is 22.6. The van der Waals surface area contributed by atoms with Gasteiger partial charge in [0, 0.05) is 22.9 Å². The third-order valence-electron chi connectivity index (χ3n) is 3.87. The van der Waals surface area contributed by atoms with Gasteiger partial charge in [-0.15, -0.1) is 0 Å². The molecule has 0 heterocycles. The molecule has 1 fully saturated rings. The monoisotopic (exact) mass is 351 g/mol. The van der Waals surface area contributed by atoms with E-state index in [1.807, 2.05) is 0 Å². The second kappa shape index (κ2) is 10.3. The highest BCUT2D eigenvalue weighted by molar-refractivity contribution is 14.1. The van der Waals surface area contributed by atoms with Crippen molar-refractivity contribution in [3.8, 4) is 0 Å². The number of hydrogen-bond acceptors (Lipinski definition) is 2. The zero-order chi connectivity index (χ0) is 12.3. The van der Waals surface area contributed by atoms with Crippen LogP contribution in [0.4, 0.5) is 0 Å². The van der Waals surface area contributed by atoms with Gasteiger partial charge in [0.15, 0.2) is 0 Å². The number of rotatable bonds is 4. The average Bonchev–Trinajstić information content (AvgIpc) is 2.41. The van der Waals surface area contributed by atoms with Crippen LogP contribution in [0.2, 0.25) is 0 Å². The lowest BCUT2D eigenvalue weighted by Crippen LogP contribution is -2.25. The SMILES string of the molecule is O=CC(CC1CCCCCCCCCC1)NI. The number of aldehydes is 1. The van der Waals surface area contributed by atoms with Crippen LogP contribution in [0.3, 0.4) is 0 Å². The first-order valence-corrected chi connectivity index (χ1v) is 8.26. The van der Waals surface area contributed by atoms with Gasteiger partial charge in [-0.1, -0.05) is 64.2 Å². The molecule has 0 aromatic heterocycles. The number of carbonyl (C=O) groups excluding carboxylic acids is 1. The molecule has 0 saturated heterocycles. The molecule has 0 radical (unpaired) electrons. The summed E-state index contributed by atoms with van der Waals surface area (Å²) < 4.78 is 3.08. The van der Waals surface area contributed by atoms with Crippen LogP contribution >= 0.6 is 22.9 Å². The molecule has 0 aromatic carbocycles. The molecule has 17 heavy (non-hydrogen) atoms. The van der Waals surface area contributed by atoms with Gasteiger partial charge in [-0.2, -0.15) is 0 Å². The van der Waals surface area contributed by atoms with Crippen LogP contribution in [0.1, 0.15) is 70.6 Å². The van der Waals surface area contributed by atoms with Crippen molar-refractivity contribution in [2.24, 2.45) is 5.92 Å². The fraction of sp³-hybridized carbons (Fsp3) is 0.929. The molecular formula is C14H26INO. The van der Waals surface area contributed by atoms with Crippen LogP contribution < -0.4 is 3.53 Å². The Labute approximate surface area is 120 Å². The van der Waals surface area contributed by atoms with Gasteiger partial charge in [0.05, 0.1) is 6.04 Å². The van der Waals surface area contributed by atoms with E-state index in [1.165, 1.54) is 64.2 Å². The van der Waals surface area contributed by atoms with Crippen molar-refractivity contribution in [2.45, 2.75) is 76.7 Å². The maximum Gasteiger partial charge on any atom is 0.137 e. The molecule has 0 aliphatic heterocycles. The summed E-state index contributed by atoms with van der Waals surface area (Å²) in [6.07, 6.45) is 15.9. The molecular weight excluding hydrogens is 325 g/mol. The standard InChI is InChI=1S/C14H26INO/c15-16-14(12-17)11-13-9-7-5-3-1-2-4-6-8-10-13/h12-14,16H,1-11H2. The average molecular weight is 351 g/mol. The first-order valence-electron chi connectivity index (χ1n) is 7.18. The Bertz CT molecular complexity index is 187. The number of hydrogen-bond donors (Lipinski definition) is 1. The number of nitrogens with one attached hydrogen (secondary N) is 1. The van der Waals surface area contributed by atoms with E-state index < -0.39 is 0 Å². The van der Waals surface area contributed by atoms with Gasteiger partial charge in [0.2, 0.25) is 0 Å². The third kappa shape index (κ3) is 7.39. The quantitative estimate of drug-likeness (QED) is 0.462. The Balaban J connectivity index is 2.33. The first kappa shape index (κ1) is 15.4. The first-order chi connectivity index (χ1) is 8.36. The van der Waals surface area contributed by atoms with Crippen molar-refractivity contribution in [1.29, 1.82) is 0 Å². The van der Waals surface area contributed by atoms with Gasteiger partial charge < -0.3 is 4.79 Å². The van der Waals surface area contributed by atoms with Crippen LogP contribution in [0, 0.1) is 5.92 Å². The second-order valence-corrected chi connectivity index (χ2v) is 5.98. The van der Waals surface area contributed by atoms with E-state index in [4.69, 9.17) is 0 Å². The predicted octanol–water partition coefficient (Wildman–Crippen LogP) is 4.41. The molecule has 100 valence electrons. The molecule has 1 rings (SSSR count). The van der Waals surface area contributed by atoms with E-state index in [0.29, 0.717) is 0 Å². The van der Waals surface area contributed by atoms with Gasteiger partial charge in [-0.3, -0.25) is 3.53 Å². The van der Waals surface area contributed by atoms with Crippen LogP contribution in [0.25, 0.3) is 0 Å². The Morgan fingerprint density at radius 1 is 1.00 bits per heavy atom. The molecule has 1 atom stereocenters. The minimum absolute atomic E-state index is 0.0609. The molecule has 0 spiro atoms. The summed E-state index contributed by atoms with van der Waals surface area (Å²) in [5, 5.41) is 0. The van der Waals surface area contributed by atoms with Gasteiger partial charge in [-0.05, 0) is 12.3 Å². The van der Waals surface area contributed by atoms with E-state index in [1.54, 1.807) is 0 Å². The minimum atomic E-state index is 0.0609. The molecule has 0 amide bonds. The van der Waals surface area contributed by atoms with Crippen molar-refractivity contribution in [1.82, 2.24) is 3.53 Å². The van der Waals surface area contributed by atoms with E-state index in [0.717, 1.165) is 18.6 Å². The maximum atomic E-state index is 10.9. The molecule has 1 aliphatic rings. The molecule has 1 N–H and O–H groups in total. The Kier molecular flexibility index (Phi) is 9.34. The van der Waals surface area contributed by atoms with Gasteiger partial charge in [-0.25, -0.2) is 0 Å². The Morgan fingerprint density at radius 3 is 1.88 bits per heavy atom. The summed E-state index contributed by atoms with van der Waals surface area (Å²) in [6.45, 7) is 0. The van der Waals surface area contributed by atoms with Crippen LogP contribution in [0.5, 0.6) is 0 Å². The van der Waals surface area contributed by atoms with Crippen molar-refractivity contribution in [3.63, 3.8) is 0 Å². The highest BCUT2D eigenvalue weighted by Crippen LogP contribution is 2.24. The van der Waals surface area contributed by atoms with E-state index >= 15 is 0 Å². The summed E-state index contributed by atoms with van der Waals surface area (Å²) in [7, 11) is 0. The minimum Gasteiger partial charge on any atom is -0.302 e. The zero-order valence-electron chi connectivity index (χ0n) is 10.8. The summed E-state index contributed by atoms with van der Waals surface area (Å²) >= 11 is 2.10. The lowest BCUT2D eigenvalue weighted by molar-refractivity contribution is -0.109. The van der Waals surface area contributed by atoms with Gasteiger partial charge >= 0.3 is 0 Å². The van der Waals surface area contributed by atoms with Crippen LogP contribution in [-0.2, 0) is 4.79 Å². The lowest BCUT2D eigenvalue weighted by Gasteiger charge is -2.19. The summed E-state index contributed by atoms with van der Waals surface area (Å²) in [6, 6.07) is 0.0609. The molecule has 1 aliphatic carbocycles. The zero-order valence-corrected chi connectivity index (χ0v) is 13.0. The van der Waals surface area contributed by atoms with Crippen LogP contribution in [0.15, 0.2) is 0 Å². The van der Waals surface area contributed by atoms with E-state index in [-0.39, 0.29) is 6.04 Å². The van der Waals surface area contributed by atoms with E-state index in [9.17, 15) is 4.79 Å². The highest BCUT2D eigenvalue weighted by atomic mass is 127. The smallest absolute Gasteiger partial charge is 0.137 e. The lowest BCUT2D eigenvalue weighted by atomic mass is 9.90. The molecule has 1 unspecified atom stereocenters. The number of carbonyl (C=O) groups is 1. The van der Waals surface area contributed by atoms with Crippen molar-refractivity contribution >= 4 is 29.2 Å². The third-order valence-corrected chi connectivity index (χ3v) is 4.67. The van der Waals surface area contributed by atoms with Gasteiger partial charge in [0.25, 0.3) is 0 Å². The molecule has 2 nitrogen and oxygen atoms in total. The summed E-state index contributed by atoms with van der Waals surface area (Å²) in [5.41, 5.74) is 0.